The Balaban J connectivity index is 2.63. The highest BCUT2D eigenvalue weighted by atomic mass is 32.2. The van der Waals surface area contributed by atoms with Gasteiger partial charge in [0.1, 0.15) is 0 Å². The van der Waals surface area contributed by atoms with Gasteiger partial charge >= 0.3 is 6.18 Å². The Labute approximate surface area is 126 Å². The van der Waals surface area contributed by atoms with Gasteiger partial charge in [-0.15, -0.1) is 0 Å². The number of sulfone groups is 1. The van der Waals surface area contributed by atoms with E-state index in [-0.39, 0.29) is 12.1 Å². The van der Waals surface area contributed by atoms with Crippen LogP contribution in [0.15, 0.2) is 23.4 Å². The number of Topliss-reactive ketones (excluding diaryl/α,β-unsaturated/α-hetero) is 1. The molecule has 2 atom stereocenters. The summed E-state index contributed by atoms with van der Waals surface area (Å²) in [6.07, 6.45) is -3.62. The zero-order chi connectivity index (χ0) is 17.0. The molecule has 1 aliphatic heterocycles. The molecule has 9 heteroatoms. The van der Waals surface area contributed by atoms with E-state index in [4.69, 9.17) is 4.74 Å². The fraction of sp³-hybridized carbons (Fsp3) is 0.615. The lowest BCUT2D eigenvalue weighted by molar-refractivity contribution is -0.152. The fourth-order valence-corrected chi connectivity index (χ4v) is 4.07. The Morgan fingerprint density at radius 2 is 2.00 bits per heavy atom. The van der Waals surface area contributed by atoms with Gasteiger partial charge in [-0.25, -0.2) is 8.42 Å². The molecule has 2 aliphatic rings. The average Bonchev–Trinajstić information content (AvgIpc) is 2.74. The van der Waals surface area contributed by atoms with Crippen molar-refractivity contribution in [1.82, 2.24) is 5.32 Å². The first kappa shape index (κ1) is 17.0. The van der Waals surface area contributed by atoms with E-state index >= 15 is 0 Å². The number of ketones is 1. The van der Waals surface area contributed by atoms with Gasteiger partial charge in [0.05, 0.1) is 6.54 Å². The molecule has 124 valence electrons. The second-order valence-electron chi connectivity index (χ2n) is 5.50. The van der Waals surface area contributed by atoms with Crippen molar-refractivity contribution in [1.29, 1.82) is 0 Å². The van der Waals surface area contributed by atoms with Crippen LogP contribution in [0, 0.1) is 0 Å². The molecule has 2 rings (SSSR count). The summed E-state index contributed by atoms with van der Waals surface area (Å²) in [6.45, 7) is 1.18. The molecule has 0 aromatic heterocycles. The average molecular weight is 339 g/mol. The summed E-state index contributed by atoms with van der Waals surface area (Å²) >= 11 is 0. The van der Waals surface area contributed by atoms with Gasteiger partial charge in [-0.2, -0.15) is 13.2 Å². The Bertz CT molecular complexity index is 680. The summed E-state index contributed by atoms with van der Waals surface area (Å²) in [7, 11) is -3.29. The van der Waals surface area contributed by atoms with Crippen molar-refractivity contribution in [2.75, 3.05) is 19.9 Å². The number of methoxy groups -OCH3 is 1. The van der Waals surface area contributed by atoms with Crippen molar-refractivity contribution >= 4 is 15.6 Å². The Hall–Kier alpha value is -1.35. The van der Waals surface area contributed by atoms with Crippen molar-refractivity contribution in [2.45, 2.75) is 29.9 Å². The number of hydrogen-bond acceptors (Lipinski definition) is 5. The van der Waals surface area contributed by atoms with Crippen LogP contribution in [0.25, 0.3) is 0 Å². The van der Waals surface area contributed by atoms with E-state index in [1.807, 2.05) is 0 Å². The molecular formula is C13H16F3NO4S. The molecule has 2 unspecified atom stereocenters. The van der Waals surface area contributed by atoms with Crippen molar-refractivity contribution in [3.8, 4) is 0 Å². The van der Waals surface area contributed by atoms with Crippen LogP contribution in [0.2, 0.25) is 0 Å². The number of hydrogen-bond donors (Lipinski definition) is 1. The van der Waals surface area contributed by atoms with Crippen LogP contribution >= 0.6 is 0 Å². The lowest BCUT2D eigenvalue weighted by atomic mass is 9.81. The molecule has 0 aromatic carbocycles. The van der Waals surface area contributed by atoms with Crippen molar-refractivity contribution < 1.29 is 31.1 Å². The predicted octanol–water partition coefficient (Wildman–Crippen LogP) is 1.12. The van der Waals surface area contributed by atoms with Crippen LogP contribution in [-0.4, -0.2) is 50.6 Å². The first-order valence-electron chi connectivity index (χ1n) is 6.40. The molecule has 0 aromatic rings. The second-order valence-corrected chi connectivity index (χ2v) is 7.78. The van der Waals surface area contributed by atoms with E-state index in [1.165, 1.54) is 14.0 Å². The molecule has 22 heavy (non-hydrogen) atoms. The summed E-state index contributed by atoms with van der Waals surface area (Å²) in [5.41, 5.74) is -1.24. The quantitative estimate of drug-likeness (QED) is 0.834. The van der Waals surface area contributed by atoms with E-state index in [9.17, 15) is 26.4 Å². The van der Waals surface area contributed by atoms with Gasteiger partial charge in [0, 0.05) is 25.5 Å². The number of rotatable bonds is 3. The minimum Gasteiger partial charge on any atom is -0.381 e. The standard InChI is InChI=1S/C13H16F3NO4S/c1-8(18)12(21-2)7-17-10-4-5-11(6-9(10)12,13(14,15)16)22(3,19)20/h4-5,17H,6-7H2,1-3H3. The highest BCUT2D eigenvalue weighted by Gasteiger charge is 2.64. The van der Waals surface area contributed by atoms with E-state index in [1.54, 1.807) is 0 Å². The molecule has 0 spiro atoms. The topological polar surface area (TPSA) is 72.5 Å². The van der Waals surface area contributed by atoms with Crippen LogP contribution < -0.4 is 5.32 Å². The van der Waals surface area contributed by atoms with E-state index < -0.39 is 38.6 Å². The first-order valence-corrected chi connectivity index (χ1v) is 8.30. The largest absolute Gasteiger partial charge is 0.411 e. The van der Waals surface area contributed by atoms with Crippen LogP contribution in [0.3, 0.4) is 0 Å². The lowest BCUT2D eigenvalue weighted by Gasteiger charge is -2.37. The number of ether oxygens (including phenoxy) is 1. The van der Waals surface area contributed by atoms with Gasteiger partial charge in [-0.1, -0.05) is 6.08 Å². The normalized spacial score (nSPS) is 31.9. The Morgan fingerprint density at radius 3 is 2.41 bits per heavy atom. The SMILES string of the molecule is COC1(C(C)=O)CNC2=C1CC(C(F)(F)F)(S(C)(=O)=O)C=C2. The maximum atomic E-state index is 13.5. The highest BCUT2D eigenvalue weighted by molar-refractivity contribution is 7.92. The highest BCUT2D eigenvalue weighted by Crippen LogP contribution is 2.49. The molecular weight excluding hydrogens is 323 g/mol. The molecule has 1 aliphatic carbocycles. The van der Waals surface area contributed by atoms with Gasteiger partial charge in [-0.05, 0) is 18.6 Å². The minimum atomic E-state index is -5.01. The van der Waals surface area contributed by atoms with Crippen LogP contribution in [0.1, 0.15) is 13.3 Å². The third-order valence-corrected chi connectivity index (χ3v) is 6.19. The zero-order valence-corrected chi connectivity index (χ0v) is 13.1. The summed E-state index contributed by atoms with van der Waals surface area (Å²) in [5, 5.41) is 2.81. The van der Waals surface area contributed by atoms with E-state index in [0.717, 1.165) is 6.08 Å². The van der Waals surface area contributed by atoms with Gasteiger partial charge in [-0.3, -0.25) is 4.79 Å². The zero-order valence-electron chi connectivity index (χ0n) is 12.2. The van der Waals surface area contributed by atoms with Crippen LogP contribution in [0.5, 0.6) is 0 Å². The monoisotopic (exact) mass is 339 g/mol. The number of nitrogens with one attached hydrogen (secondary N) is 1. The molecule has 0 fully saturated rings. The van der Waals surface area contributed by atoms with Crippen LogP contribution in [-0.2, 0) is 19.4 Å². The Morgan fingerprint density at radius 1 is 1.41 bits per heavy atom. The van der Waals surface area contributed by atoms with Crippen molar-refractivity contribution in [3.63, 3.8) is 0 Å². The molecule has 0 amide bonds. The van der Waals surface area contributed by atoms with Crippen molar-refractivity contribution in [3.05, 3.63) is 23.4 Å². The van der Waals surface area contributed by atoms with E-state index in [2.05, 4.69) is 5.32 Å². The number of allylic oxidation sites excluding steroid dienone is 1. The first-order chi connectivity index (χ1) is 9.91. The third kappa shape index (κ3) is 2.10. The third-order valence-electron chi connectivity index (χ3n) is 4.36. The molecule has 0 radical (unpaired) electrons. The van der Waals surface area contributed by atoms with E-state index in [0.29, 0.717) is 18.0 Å². The van der Waals surface area contributed by atoms with Gasteiger partial charge in [0.2, 0.25) is 0 Å². The smallest absolute Gasteiger partial charge is 0.381 e. The fourth-order valence-electron chi connectivity index (χ4n) is 2.92. The van der Waals surface area contributed by atoms with Gasteiger partial charge < -0.3 is 10.1 Å². The van der Waals surface area contributed by atoms with Crippen LogP contribution in [0.4, 0.5) is 13.2 Å². The van der Waals surface area contributed by atoms with Gasteiger partial charge in [0.25, 0.3) is 0 Å². The lowest BCUT2D eigenvalue weighted by Crippen LogP contribution is -2.54. The molecule has 0 bridgehead atoms. The predicted molar refractivity (Wildman–Crippen MR) is 72.8 cm³/mol. The molecule has 0 saturated carbocycles. The maximum absolute atomic E-state index is 13.5. The van der Waals surface area contributed by atoms with Gasteiger partial charge in [0.15, 0.2) is 26.0 Å². The maximum Gasteiger partial charge on any atom is 0.411 e. The summed E-state index contributed by atoms with van der Waals surface area (Å²) in [4.78, 5) is 11.9. The summed E-state index contributed by atoms with van der Waals surface area (Å²) < 4.78 is 66.4. The number of halogens is 3. The van der Waals surface area contributed by atoms with Crippen molar-refractivity contribution in [2.24, 2.45) is 0 Å². The minimum absolute atomic E-state index is 0.0211. The molecule has 5 nitrogen and oxygen atoms in total. The second kappa shape index (κ2) is 4.82. The number of carbonyl (C=O) groups is 1. The number of alkyl halides is 3. The molecule has 1 N–H and O–H groups in total. The summed E-state index contributed by atoms with van der Waals surface area (Å²) in [6, 6.07) is 0. The summed E-state index contributed by atoms with van der Waals surface area (Å²) in [5.74, 6) is -0.479. The molecule has 0 saturated heterocycles. The number of carbonyl (C=O) groups excluding carboxylic acids is 1. The Kier molecular flexibility index (Phi) is 3.73. The molecule has 1 heterocycles.